The third kappa shape index (κ3) is 4.81. The van der Waals surface area contributed by atoms with E-state index in [2.05, 4.69) is 10.6 Å². The summed E-state index contributed by atoms with van der Waals surface area (Å²) in [5.41, 5.74) is 1.42. The van der Waals surface area contributed by atoms with Crippen LogP contribution in [0.4, 0.5) is 11.4 Å². The summed E-state index contributed by atoms with van der Waals surface area (Å²) in [4.78, 5) is 36.3. The first-order valence-corrected chi connectivity index (χ1v) is 7.91. The molecule has 2 N–H and O–H groups in total. The number of carbonyl (C=O) groups is 3. The van der Waals surface area contributed by atoms with Crippen LogP contribution in [0.2, 0.25) is 0 Å². The number of anilines is 2. The minimum atomic E-state index is -0.139. The molecule has 6 nitrogen and oxygen atoms in total. The van der Waals surface area contributed by atoms with Crippen molar-refractivity contribution in [2.45, 2.75) is 33.1 Å². The van der Waals surface area contributed by atoms with E-state index in [4.69, 9.17) is 0 Å². The van der Waals surface area contributed by atoms with E-state index in [1.165, 1.54) is 13.8 Å². The van der Waals surface area contributed by atoms with Crippen LogP contribution in [0.15, 0.2) is 24.3 Å². The molecule has 0 saturated heterocycles. The van der Waals surface area contributed by atoms with Crippen LogP contribution in [0.25, 0.3) is 0 Å². The quantitative estimate of drug-likeness (QED) is 0.841. The molecule has 0 radical (unpaired) electrons. The maximum Gasteiger partial charge on any atom is 0.223 e. The second-order valence-electron chi connectivity index (χ2n) is 5.82. The van der Waals surface area contributed by atoms with Gasteiger partial charge in [0.05, 0.1) is 0 Å². The van der Waals surface area contributed by atoms with Crippen LogP contribution >= 0.6 is 0 Å². The Labute approximate surface area is 136 Å². The zero-order valence-electron chi connectivity index (χ0n) is 13.6. The molecule has 2 rings (SSSR count). The number of nitrogens with one attached hydrogen (secondary N) is 2. The van der Waals surface area contributed by atoms with Gasteiger partial charge in [-0.15, -0.1) is 0 Å². The molecule has 3 amide bonds. The average molecular weight is 317 g/mol. The SMILES string of the molecule is CC(=O)Nc1ccc(N(CCNC(=O)C2CCC2)C(C)=O)cc1. The maximum atomic E-state index is 11.8. The molecule has 6 heteroatoms. The van der Waals surface area contributed by atoms with Gasteiger partial charge in [0.1, 0.15) is 0 Å². The zero-order valence-corrected chi connectivity index (χ0v) is 13.6. The highest BCUT2D eigenvalue weighted by atomic mass is 16.2. The van der Waals surface area contributed by atoms with Crippen LogP contribution in [-0.4, -0.2) is 30.8 Å². The first kappa shape index (κ1) is 17.0. The van der Waals surface area contributed by atoms with Crippen molar-refractivity contribution >= 4 is 29.1 Å². The van der Waals surface area contributed by atoms with E-state index in [0.29, 0.717) is 18.8 Å². The first-order valence-electron chi connectivity index (χ1n) is 7.91. The molecular weight excluding hydrogens is 294 g/mol. The van der Waals surface area contributed by atoms with Gasteiger partial charge in [0.25, 0.3) is 0 Å². The van der Waals surface area contributed by atoms with Crippen LogP contribution in [0.3, 0.4) is 0 Å². The Balaban J connectivity index is 1.90. The molecule has 1 saturated carbocycles. The second kappa shape index (κ2) is 7.76. The van der Waals surface area contributed by atoms with Gasteiger partial charge in [-0.05, 0) is 37.1 Å². The Morgan fingerprint density at radius 1 is 1.13 bits per heavy atom. The molecule has 1 aliphatic rings. The van der Waals surface area contributed by atoms with Gasteiger partial charge in [-0.25, -0.2) is 0 Å². The lowest BCUT2D eigenvalue weighted by molar-refractivity contribution is -0.127. The van der Waals surface area contributed by atoms with Gasteiger partial charge in [-0.2, -0.15) is 0 Å². The number of rotatable bonds is 6. The van der Waals surface area contributed by atoms with Gasteiger partial charge in [-0.1, -0.05) is 6.42 Å². The molecule has 0 unspecified atom stereocenters. The third-order valence-electron chi connectivity index (χ3n) is 3.99. The highest BCUT2D eigenvalue weighted by molar-refractivity contribution is 5.93. The van der Waals surface area contributed by atoms with Crippen LogP contribution < -0.4 is 15.5 Å². The Hall–Kier alpha value is -2.37. The van der Waals surface area contributed by atoms with E-state index in [-0.39, 0.29) is 23.6 Å². The minimum absolute atomic E-state index is 0.0840. The topological polar surface area (TPSA) is 78.5 Å². The molecule has 0 spiro atoms. The Morgan fingerprint density at radius 3 is 2.26 bits per heavy atom. The smallest absolute Gasteiger partial charge is 0.223 e. The summed E-state index contributed by atoms with van der Waals surface area (Å²) in [6.07, 6.45) is 3.05. The fourth-order valence-electron chi connectivity index (χ4n) is 2.50. The lowest BCUT2D eigenvalue weighted by atomic mass is 9.85. The number of hydrogen-bond acceptors (Lipinski definition) is 3. The number of nitrogens with zero attached hydrogens (tertiary/aromatic N) is 1. The number of hydrogen-bond donors (Lipinski definition) is 2. The Bertz CT molecular complexity index is 579. The molecule has 0 atom stereocenters. The molecule has 1 aromatic rings. The largest absolute Gasteiger partial charge is 0.354 e. The molecule has 1 fully saturated rings. The number of benzene rings is 1. The predicted molar refractivity (Wildman–Crippen MR) is 89.1 cm³/mol. The Kier molecular flexibility index (Phi) is 5.73. The standard InChI is InChI=1S/C17H23N3O3/c1-12(21)19-15-6-8-16(9-7-15)20(13(2)22)11-10-18-17(23)14-4-3-5-14/h6-9,14H,3-5,10-11H2,1-2H3,(H,18,23)(H,19,21). The van der Waals surface area contributed by atoms with Crippen molar-refractivity contribution in [2.75, 3.05) is 23.3 Å². The molecule has 1 aromatic carbocycles. The highest BCUT2D eigenvalue weighted by Crippen LogP contribution is 2.26. The van der Waals surface area contributed by atoms with Gasteiger partial charge in [0.2, 0.25) is 17.7 Å². The van der Waals surface area contributed by atoms with Crippen molar-refractivity contribution < 1.29 is 14.4 Å². The first-order chi connectivity index (χ1) is 11.0. The molecule has 23 heavy (non-hydrogen) atoms. The van der Waals surface area contributed by atoms with E-state index in [1.807, 2.05) is 0 Å². The average Bonchev–Trinajstić information content (AvgIpc) is 2.42. The van der Waals surface area contributed by atoms with Crippen LogP contribution in [-0.2, 0) is 14.4 Å². The summed E-state index contributed by atoms with van der Waals surface area (Å²) in [6, 6.07) is 7.06. The van der Waals surface area contributed by atoms with Gasteiger partial charge >= 0.3 is 0 Å². The van der Waals surface area contributed by atoms with E-state index >= 15 is 0 Å². The summed E-state index contributed by atoms with van der Waals surface area (Å²) in [5.74, 6) is 0.00789. The zero-order chi connectivity index (χ0) is 16.8. The van der Waals surface area contributed by atoms with E-state index < -0.39 is 0 Å². The van der Waals surface area contributed by atoms with E-state index in [9.17, 15) is 14.4 Å². The summed E-state index contributed by atoms with van der Waals surface area (Å²) in [7, 11) is 0. The molecule has 0 aromatic heterocycles. The molecule has 124 valence electrons. The van der Waals surface area contributed by atoms with Gasteiger partial charge in [-0.3, -0.25) is 14.4 Å². The van der Waals surface area contributed by atoms with E-state index in [0.717, 1.165) is 24.9 Å². The van der Waals surface area contributed by atoms with Crippen molar-refractivity contribution in [3.05, 3.63) is 24.3 Å². The summed E-state index contributed by atoms with van der Waals surface area (Å²) >= 11 is 0. The second-order valence-corrected chi connectivity index (χ2v) is 5.82. The molecular formula is C17H23N3O3. The van der Waals surface area contributed by atoms with Crippen molar-refractivity contribution in [3.8, 4) is 0 Å². The maximum absolute atomic E-state index is 11.8. The van der Waals surface area contributed by atoms with Crippen LogP contribution in [0.1, 0.15) is 33.1 Å². The molecule has 1 aliphatic carbocycles. The van der Waals surface area contributed by atoms with Crippen molar-refractivity contribution in [1.82, 2.24) is 5.32 Å². The molecule has 0 bridgehead atoms. The van der Waals surface area contributed by atoms with Gasteiger partial charge in [0, 0.05) is 44.2 Å². The fourth-order valence-corrected chi connectivity index (χ4v) is 2.50. The van der Waals surface area contributed by atoms with Crippen molar-refractivity contribution in [3.63, 3.8) is 0 Å². The normalized spacial score (nSPS) is 13.8. The lowest BCUT2D eigenvalue weighted by Gasteiger charge is -2.26. The highest BCUT2D eigenvalue weighted by Gasteiger charge is 2.24. The third-order valence-corrected chi connectivity index (χ3v) is 3.99. The number of amides is 3. The summed E-state index contributed by atoms with van der Waals surface area (Å²) in [6.45, 7) is 3.80. The van der Waals surface area contributed by atoms with Crippen LogP contribution in [0.5, 0.6) is 0 Å². The summed E-state index contributed by atoms with van der Waals surface area (Å²) < 4.78 is 0. The fraction of sp³-hybridized carbons (Fsp3) is 0.471. The van der Waals surface area contributed by atoms with E-state index in [1.54, 1.807) is 29.2 Å². The predicted octanol–water partition coefficient (Wildman–Crippen LogP) is 1.91. The summed E-state index contributed by atoms with van der Waals surface area (Å²) in [5, 5.41) is 5.57. The minimum Gasteiger partial charge on any atom is -0.354 e. The van der Waals surface area contributed by atoms with Crippen molar-refractivity contribution in [2.24, 2.45) is 5.92 Å². The molecule has 0 heterocycles. The molecule has 0 aliphatic heterocycles. The monoisotopic (exact) mass is 317 g/mol. The van der Waals surface area contributed by atoms with Crippen LogP contribution in [0, 0.1) is 5.92 Å². The van der Waals surface area contributed by atoms with Gasteiger partial charge in [0.15, 0.2) is 0 Å². The lowest BCUT2D eigenvalue weighted by Crippen LogP contribution is -2.41. The van der Waals surface area contributed by atoms with Crippen molar-refractivity contribution in [1.29, 1.82) is 0 Å². The number of carbonyl (C=O) groups excluding carboxylic acids is 3. The van der Waals surface area contributed by atoms with Gasteiger partial charge < -0.3 is 15.5 Å². The Morgan fingerprint density at radius 2 is 1.78 bits per heavy atom.